The summed E-state index contributed by atoms with van der Waals surface area (Å²) in [5, 5.41) is 0. The summed E-state index contributed by atoms with van der Waals surface area (Å²) in [6, 6.07) is 0. The Bertz CT molecular complexity index is 1040. The fourth-order valence-corrected chi connectivity index (χ4v) is 6.59. The van der Waals surface area contributed by atoms with Crippen LogP contribution in [0.5, 0.6) is 0 Å². The summed E-state index contributed by atoms with van der Waals surface area (Å²) in [5.41, 5.74) is 0. The van der Waals surface area contributed by atoms with E-state index in [1.807, 2.05) is 21.1 Å². The van der Waals surface area contributed by atoms with E-state index >= 15 is 0 Å². The molecule has 0 aliphatic rings. The van der Waals surface area contributed by atoms with E-state index in [9.17, 15) is 19.0 Å². The van der Waals surface area contributed by atoms with Gasteiger partial charge in [0.15, 0.2) is 6.10 Å². The molecule has 0 saturated heterocycles. The molecule has 0 aromatic carbocycles. The number of carbonyl (C=O) groups is 2. The molecule has 9 nitrogen and oxygen atoms in total. The van der Waals surface area contributed by atoms with Crippen molar-refractivity contribution >= 4 is 19.8 Å². The normalized spacial score (nSPS) is 13.9. The first kappa shape index (κ1) is 53.2. The van der Waals surface area contributed by atoms with Crippen molar-refractivity contribution < 1.29 is 42.1 Å². The van der Waals surface area contributed by atoms with Gasteiger partial charge in [-0.05, 0) is 64.2 Å². The van der Waals surface area contributed by atoms with Gasteiger partial charge in [0.05, 0.1) is 27.7 Å². The molecule has 0 bridgehead atoms. The number of hydrogen-bond acceptors (Lipinski definition) is 7. The maximum absolute atomic E-state index is 12.7. The number of esters is 2. The van der Waals surface area contributed by atoms with Crippen LogP contribution in [-0.2, 0) is 32.7 Å². The molecule has 1 unspecified atom stereocenters. The van der Waals surface area contributed by atoms with Gasteiger partial charge in [0.25, 0.3) is 0 Å². The van der Waals surface area contributed by atoms with Crippen molar-refractivity contribution in [3.05, 3.63) is 36.5 Å². The Labute approximate surface area is 338 Å². The number of allylic oxidation sites excluding steroid dienone is 6. The third kappa shape index (κ3) is 41.7. The van der Waals surface area contributed by atoms with E-state index in [0.717, 1.165) is 64.2 Å². The number of unbranched alkanes of at least 4 members (excludes halogenated alkanes) is 20. The number of ether oxygens (including phenoxy) is 2. The second-order valence-electron chi connectivity index (χ2n) is 16.1. The van der Waals surface area contributed by atoms with Crippen LogP contribution in [0, 0.1) is 0 Å². The molecule has 0 fully saturated rings. The van der Waals surface area contributed by atoms with E-state index in [1.54, 1.807) is 0 Å². The molecule has 10 heteroatoms. The fraction of sp³-hybridized carbons (Fsp3) is 0.822. The number of quaternary nitrogens is 1. The molecule has 1 N–H and O–H groups in total. The van der Waals surface area contributed by atoms with E-state index in [4.69, 9.17) is 18.5 Å². The van der Waals surface area contributed by atoms with Crippen molar-refractivity contribution in [1.82, 2.24) is 0 Å². The molecule has 0 aromatic heterocycles. The molecule has 2 atom stereocenters. The molecule has 0 heterocycles. The molecular formula is C45H85NO8P+. The summed E-state index contributed by atoms with van der Waals surface area (Å²) < 4.78 is 34.3. The van der Waals surface area contributed by atoms with Gasteiger partial charge in [-0.1, -0.05) is 147 Å². The van der Waals surface area contributed by atoms with Crippen LogP contribution in [0.4, 0.5) is 0 Å². The topological polar surface area (TPSA) is 108 Å². The van der Waals surface area contributed by atoms with Gasteiger partial charge >= 0.3 is 19.8 Å². The van der Waals surface area contributed by atoms with Crippen LogP contribution >= 0.6 is 7.82 Å². The Morgan fingerprint density at radius 2 is 1.00 bits per heavy atom. The van der Waals surface area contributed by atoms with Crippen molar-refractivity contribution in [2.45, 2.75) is 193 Å². The standard InChI is InChI=1S/C45H84NO8P/c1-6-8-10-12-14-16-18-20-22-23-24-26-28-30-32-34-36-38-45(48)54-43(42-53-55(49,50)52-40-39-46(3,4)5)41-51-44(47)37-35-33-31-29-27-25-21-19-17-15-13-11-9-7-2/h13,15-16,18-19,21,43H,6-12,14,17,20,22-42H2,1-5H3/p+1/b15-13+,18-16+,21-19+/t43-/m1/s1. The van der Waals surface area contributed by atoms with E-state index in [0.29, 0.717) is 17.4 Å². The second-order valence-corrected chi connectivity index (χ2v) is 17.5. The Morgan fingerprint density at radius 3 is 1.51 bits per heavy atom. The number of likely N-dealkylation sites (N-methyl/N-ethyl adjacent to an activating group) is 1. The molecule has 0 aliphatic carbocycles. The average Bonchev–Trinajstić information content (AvgIpc) is 3.13. The van der Waals surface area contributed by atoms with Crippen molar-refractivity contribution in [3.63, 3.8) is 0 Å². The predicted octanol–water partition coefficient (Wildman–Crippen LogP) is 12.5. The van der Waals surface area contributed by atoms with Crippen molar-refractivity contribution in [3.8, 4) is 0 Å². The van der Waals surface area contributed by atoms with E-state index < -0.39 is 26.5 Å². The molecule has 0 amide bonds. The minimum atomic E-state index is -4.38. The van der Waals surface area contributed by atoms with E-state index in [2.05, 4.69) is 50.3 Å². The second kappa shape index (κ2) is 37.8. The lowest BCUT2D eigenvalue weighted by Gasteiger charge is -2.24. The average molecular weight is 799 g/mol. The van der Waals surface area contributed by atoms with Crippen LogP contribution < -0.4 is 0 Å². The molecule has 55 heavy (non-hydrogen) atoms. The minimum Gasteiger partial charge on any atom is -0.462 e. The zero-order valence-corrected chi connectivity index (χ0v) is 37.1. The maximum atomic E-state index is 12.7. The number of nitrogens with zero attached hydrogens (tertiary/aromatic N) is 1. The largest absolute Gasteiger partial charge is 0.472 e. The van der Waals surface area contributed by atoms with Gasteiger partial charge in [-0.15, -0.1) is 0 Å². The highest BCUT2D eigenvalue weighted by molar-refractivity contribution is 7.47. The smallest absolute Gasteiger partial charge is 0.462 e. The quantitative estimate of drug-likeness (QED) is 0.0215. The number of rotatable bonds is 40. The summed E-state index contributed by atoms with van der Waals surface area (Å²) in [7, 11) is 1.47. The van der Waals surface area contributed by atoms with E-state index in [-0.39, 0.29) is 32.0 Å². The predicted molar refractivity (Wildman–Crippen MR) is 229 cm³/mol. The molecule has 0 rings (SSSR count). The lowest BCUT2D eigenvalue weighted by molar-refractivity contribution is -0.870. The molecule has 0 aliphatic heterocycles. The van der Waals surface area contributed by atoms with Crippen LogP contribution in [-0.4, -0.2) is 74.9 Å². The zero-order valence-electron chi connectivity index (χ0n) is 36.2. The van der Waals surface area contributed by atoms with Gasteiger partial charge in [0.2, 0.25) is 0 Å². The van der Waals surface area contributed by atoms with Gasteiger partial charge in [-0.2, -0.15) is 0 Å². The van der Waals surface area contributed by atoms with Crippen LogP contribution in [0.3, 0.4) is 0 Å². The van der Waals surface area contributed by atoms with Gasteiger partial charge in [-0.3, -0.25) is 18.6 Å². The van der Waals surface area contributed by atoms with E-state index in [1.165, 1.54) is 89.9 Å². The first-order valence-electron chi connectivity index (χ1n) is 22.2. The van der Waals surface area contributed by atoms with Gasteiger partial charge in [0, 0.05) is 12.8 Å². The van der Waals surface area contributed by atoms with Crippen LogP contribution in [0.1, 0.15) is 187 Å². The lowest BCUT2D eigenvalue weighted by atomic mass is 10.1. The highest BCUT2D eigenvalue weighted by Crippen LogP contribution is 2.43. The maximum Gasteiger partial charge on any atom is 0.472 e. The monoisotopic (exact) mass is 799 g/mol. The number of carbonyl (C=O) groups excluding carboxylic acids is 2. The molecular weight excluding hydrogens is 713 g/mol. The van der Waals surface area contributed by atoms with Crippen LogP contribution in [0.25, 0.3) is 0 Å². The SMILES string of the molecule is CCCC/C=C/C/C=C/CCCCCCCC(=O)OC[C@H](COP(=O)(O)OCC[N+](C)(C)C)OC(=O)CCCCCCCCCCC/C=C/CCCCCC. The zero-order chi connectivity index (χ0) is 40.7. The summed E-state index contributed by atoms with van der Waals surface area (Å²) >= 11 is 0. The van der Waals surface area contributed by atoms with Crippen LogP contribution in [0.2, 0.25) is 0 Å². The highest BCUT2D eigenvalue weighted by Gasteiger charge is 2.27. The minimum absolute atomic E-state index is 0.0289. The van der Waals surface area contributed by atoms with Crippen molar-refractivity contribution in [2.75, 3.05) is 47.5 Å². The first-order chi connectivity index (χ1) is 26.5. The van der Waals surface area contributed by atoms with Crippen LogP contribution in [0.15, 0.2) is 36.5 Å². The molecule has 322 valence electrons. The molecule has 0 aromatic rings. The lowest BCUT2D eigenvalue weighted by Crippen LogP contribution is -2.37. The molecule has 0 radical (unpaired) electrons. The Balaban J connectivity index is 4.36. The molecule has 0 saturated carbocycles. The Kier molecular flexibility index (Phi) is 36.6. The van der Waals surface area contributed by atoms with Crippen molar-refractivity contribution in [1.29, 1.82) is 0 Å². The summed E-state index contributed by atoms with van der Waals surface area (Å²) in [6.07, 6.45) is 41.8. The van der Waals surface area contributed by atoms with Gasteiger partial charge < -0.3 is 18.9 Å². The number of phosphoric ester groups is 1. The highest BCUT2D eigenvalue weighted by atomic mass is 31.2. The fourth-order valence-electron chi connectivity index (χ4n) is 5.85. The summed E-state index contributed by atoms with van der Waals surface area (Å²) in [6.45, 7) is 4.35. The third-order valence-electron chi connectivity index (χ3n) is 9.39. The molecule has 0 spiro atoms. The summed E-state index contributed by atoms with van der Waals surface area (Å²) in [4.78, 5) is 35.4. The Hall–Kier alpha value is -1.77. The Morgan fingerprint density at radius 1 is 0.564 bits per heavy atom. The number of hydrogen-bond donors (Lipinski definition) is 1. The van der Waals surface area contributed by atoms with Gasteiger partial charge in [0.1, 0.15) is 19.8 Å². The van der Waals surface area contributed by atoms with Gasteiger partial charge in [-0.25, -0.2) is 4.57 Å². The first-order valence-corrected chi connectivity index (χ1v) is 23.7. The summed E-state index contributed by atoms with van der Waals surface area (Å²) in [5.74, 6) is -0.816. The number of phosphoric acid groups is 1. The van der Waals surface area contributed by atoms with Crippen molar-refractivity contribution in [2.24, 2.45) is 0 Å². The third-order valence-corrected chi connectivity index (χ3v) is 10.4.